The predicted molar refractivity (Wildman–Crippen MR) is 114 cm³/mol. The van der Waals surface area contributed by atoms with Crippen molar-refractivity contribution in [3.8, 4) is 0 Å². The number of guanidine groups is 1. The summed E-state index contributed by atoms with van der Waals surface area (Å²) in [6.45, 7) is 12.9. The van der Waals surface area contributed by atoms with Gasteiger partial charge >= 0.3 is 0 Å². The van der Waals surface area contributed by atoms with E-state index in [0.717, 1.165) is 18.4 Å². The van der Waals surface area contributed by atoms with Crippen LogP contribution in [0.3, 0.4) is 0 Å². The van der Waals surface area contributed by atoms with Gasteiger partial charge in [-0.2, -0.15) is 0 Å². The zero-order valence-electron chi connectivity index (χ0n) is 15.5. The van der Waals surface area contributed by atoms with Gasteiger partial charge in [0.2, 0.25) is 0 Å². The summed E-state index contributed by atoms with van der Waals surface area (Å²) in [5.74, 6) is 2.13. The standard InChI is InChI=1S/C19H32N4.HI/c1-14(2)22-19(20)21-10-17-5-7-18(8-6-17)13-23-11-15(3)9-16(4)12-23;/h5-8,14-16H,9-13H2,1-4H3,(H3,20,21,22);1H. The van der Waals surface area contributed by atoms with E-state index in [9.17, 15) is 0 Å². The molecule has 0 aromatic heterocycles. The molecule has 2 rings (SSSR count). The molecule has 1 heterocycles. The highest BCUT2D eigenvalue weighted by Gasteiger charge is 2.21. The van der Waals surface area contributed by atoms with Crippen molar-refractivity contribution in [2.24, 2.45) is 22.6 Å². The van der Waals surface area contributed by atoms with Gasteiger partial charge in [-0.3, -0.25) is 4.90 Å². The number of aliphatic imine (C=N–C) groups is 1. The lowest BCUT2D eigenvalue weighted by atomic mass is 9.91. The zero-order valence-corrected chi connectivity index (χ0v) is 17.8. The molecule has 0 aliphatic carbocycles. The van der Waals surface area contributed by atoms with E-state index in [4.69, 9.17) is 5.73 Å². The third-order valence-corrected chi connectivity index (χ3v) is 4.24. The zero-order chi connectivity index (χ0) is 16.8. The first-order valence-electron chi connectivity index (χ1n) is 8.79. The van der Waals surface area contributed by atoms with Crippen LogP contribution in [0.5, 0.6) is 0 Å². The molecule has 0 spiro atoms. The average Bonchev–Trinajstić information content (AvgIpc) is 2.45. The predicted octanol–water partition coefficient (Wildman–Crippen LogP) is 3.60. The Balaban J connectivity index is 0.00000288. The van der Waals surface area contributed by atoms with Gasteiger partial charge in [0.25, 0.3) is 0 Å². The third kappa shape index (κ3) is 7.38. The molecule has 1 fully saturated rings. The van der Waals surface area contributed by atoms with Crippen molar-refractivity contribution in [2.75, 3.05) is 13.1 Å². The van der Waals surface area contributed by atoms with Crippen LogP contribution >= 0.6 is 24.0 Å². The second-order valence-corrected chi connectivity index (χ2v) is 7.46. The van der Waals surface area contributed by atoms with E-state index in [2.05, 4.69) is 67.2 Å². The highest BCUT2D eigenvalue weighted by atomic mass is 127. The summed E-state index contributed by atoms with van der Waals surface area (Å²) in [6, 6.07) is 9.09. The quantitative estimate of drug-likeness (QED) is 0.415. The summed E-state index contributed by atoms with van der Waals surface area (Å²) in [4.78, 5) is 6.95. The number of nitrogens with zero attached hydrogens (tertiary/aromatic N) is 2. The lowest BCUT2D eigenvalue weighted by Crippen LogP contribution is -2.38. The Labute approximate surface area is 164 Å². The Bertz CT molecular complexity index is 503. The van der Waals surface area contributed by atoms with Gasteiger partial charge in [-0.05, 0) is 43.2 Å². The Morgan fingerprint density at radius 1 is 1.17 bits per heavy atom. The molecule has 1 aliphatic heterocycles. The SMILES string of the molecule is CC1CC(C)CN(Cc2ccc(CN=C(N)NC(C)C)cc2)C1.I. The molecule has 0 bridgehead atoms. The van der Waals surface area contributed by atoms with Gasteiger partial charge in [0, 0.05) is 25.7 Å². The molecule has 1 aliphatic rings. The van der Waals surface area contributed by atoms with Crippen LogP contribution in [0, 0.1) is 11.8 Å². The minimum atomic E-state index is 0. The molecular weight excluding hydrogens is 411 g/mol. The van der Waals surface area contributed by atoms with E-state index in [1.54, 1.807) is 0 Å². The second-order valence-electron chi connectivity index (χ2n) is 7.46. The first-order chi connectivity index (χ1) is 10.9. The molecule has 0 radical (unpaired) electrons. The molecule has 4 nitrogen and oxygen atoms in total. The molecule has 0 amide bonds. The number of piperidine rings is 1. The maximum atomic E-state index is 5.83. The molecule has 0 saturated carbocycles. The summed E-state index contributed by atoms with van der Waals surface area (Å²) < 4.78 is 0. The van der Waals surface area contributed by atoms with Crippen LogP contribution in [0.4, 0.5) is 0 Å². The molecule has 2 atom stereocenters. The summed E-state index contributed by atoms with van der Waals surface area (Å²) >= 11 is 0. The van der Waals surface area contributed by atoms with E-state index in [-0.39, 0.29) is 24.0 Å². The van der Waals surface area contributed by atoms with Crippen molar-refractivity contribution in [1.82, 2.24) is 10.2 Å². The topological polar surface area (TPSA) is 53.6 Å². The van der Waals surface area contributed by atoms with E-state index in [0.29, 0.717) is 18.5 Å². The minimum Gasteiger partial charge on any atom is -0.370 e. The fourth-order valence-corrected chi connectivity index (χ4v) is 3.45. The van der Waals surface area contributed by atoms with E-state index in [1.165, 1.54) is 30.6 Å². The first kappa shape index (κ1) is 21.2. The molecule has 3 N–H and O–H groups in total. The maximum absolute atomic E-state index is 5.83. The van der Waals surface area contributed by atoms with E-state index in [1.807, 2.05) is 0 Å². The van der Waals surface area contributed by atoms with Crippen LogP contribution in [0.2, 0.25) is 0 Å². The average molecular weight is 444 g/mol. The molecule has 5 heteroatoms. The molecule has 1 aromatic carbocycles. The van der Waals surface area contributed by atoms with Crippen LogP contribution in [-0.2, 0) is 13.1 Å². The third-order valence-electron chi connectivity index (χ3n) is 4.24. The van der Waals surface area contributed by atoms with Gasteiger partial charge in [0.1, 0.15) is 0 Å². The molecule has 24 heavy (non-hydrogen) atoms. The highest BCUT2D eigenvalue weighted by Crippen LogP contribution is 2.22. The number of nitrogens with two attached hydrogens (primary N) is 1. The number of benzene rings is 1. The lowest BCUT2D eigenvalue weighted by Gasteiger charge is -2.35. The minimum absolute atomic E-state index is 0. The molecule has 2 unspecified atom stereocenters. The molecule has 1 aromatic rings. The number of rotatable bonds is 5. The number of hydrogen-bond acceptors (Lipinski definition) is 2. The molecule has 1 saturated heterocycles. The summed E-state index contributed by atoms with van der Waals surface area (Å²) in [5, 5.41) is 3.11. The number of hydrogen-bond donors (Lipinski definition) is 2. The number of likely N-dealkylation sites (tertiary alicyclic amines) is 1. The van der Waals surface area contributed by atoms with Gasteiger partial charge in [0.15, 0.2) is 5.96 Å². The van der Waals surface area contributed by atoms with Crippen LogP contribution in [-0.4, -0.2) is 30.0 Å². The Kier molecular flexibility index (Phi) is 9.05. The summed E-state index contributed by atoms with van der Waals surface area (Å²) in [5.41, 5.74) is 8.41. The smallest absolute Gasteiger partial charge is 0.189 e. The van der Waals surface area contributed by atoms with Crippen molar-refractivity contribution < 1.29 is 0 Å². The van der Waals surface area contributed by atoms with Gasteiger partial charge in [-0.1, -0.05) is 38.1 Å². The normalized spacial score (nSPS) is 22.3. The molecular formula is C19H33IN4. The maximum Gasteiger partial charge on any atom is 0.189 e. The highest BCUT2D eigenvalue weighted by molar-refractivity contribution is 14.0. The van der Waals surface area contributed by atoms with Gasteiger partial charge in [0.05, 0.1) is 6.54 Å². The van der Waals surface area contributed by atoms with Crippen molar-refractivity contribution in [3.05, 3.63) is 35.4 Å². The van der Waals surface area contributed by atoms with Crippen molar-refractivity contribution in [1.29, 1.82) is 0 Å². The fraction of sp³-hybridized carbons (Fsp3) is 0.632. The van der Waals surface area contributed by atoms with E-state index < -0.39 is 0 Å². The summed E-state index contributed by atoms with van der Waals surface area (Å²) in [6.07, 6.45) is 1.36. The van der Waals surface area contributed by atoms with Crippen molar-refractivity contribution in [3.63, 3.8) is 0 Å². The largest absolute Gasteiger partial charge is 0.370 e. The first-order valence-corrected chi connectivity index (χ1v) is 8.79. The van der Waals surface area contributed by atoms with Crippen LogP contribution in [0.25, 0.3) is 0 Å². The fourth-order valence-electron chi connectivity index (χ4n) is 3.45. The van der Waals surface area contributed by atoms with Crippen LogP contribution in [0.1, 0.15) is 45.2 Å². The second kappa shape index (κ2) is 10.2. The van der Waals surface area contributed by atoms with Crippen molar-refractivity contribution in [2.45, 2.75) is 53.2 Å². The van der Waals surface area contributed by atoms with Crippen LogP contribution in [0.15, 0.2) is 29.3 Å². The van der Waals surface area contributed by atoms with E-state index >= 15 is 0 Å². The summed E-state index contributed by atoms with van der Waals surface area (Å²) in [7, 11) is 0. The van der Waals surface area contributed by atoms with Crippen molar-refractivity contribution >= 4 is 29.9 Å². The van der Waals surface area contributed by atoms with Gasteiger partial charge in [-0.15, -0.1) is 24.0 Å². The van der Waals surface area contributed by atoms with Crippen LogP contribution < -0.4 is 11.1 Å². The number of halogens is 1. The number of nitrogens with one attached hydrogen (secondary N) is 1. The van der Waals surface area contributed by atoms with Gasteiger partial charge in [-0.25, -0.2) is 4.99 Å². The van der Waals surface area contributed by atoms with Gasteiger partial charge < -0.3 is 11.1 Å². The lowest BCUT2D eigenvalue weighted by molar-refractivity contribution is 0.134. The Hall–Kier alpha value is -0.820. The monoisotopic (exact) mass is 444 g/mol. The molecule has 136 valence electrons. The Morgan fingerprint density at radius 3 is 2.25 bits per heavy atom. The Morgan fingerprint density at radius 2 is 1.71 bits per heavy atom.